The third-order valence-electron chi connectivity index (χ3n) is 5.34. The summed E-state index contributed by atoms with van der Waals surface area (Å²) >= 11 is 0. The molecule has 2 aliphatic rings. The maximum atomic E-state index is 6.23. The van der Waals surface area contributed by atoms with E-state index >= 15 is 0 Å². The maximum absolute atomic E-state index is 6.23. The molecule has 0 saturated carbocycles. The second-order valence-electron chi connectivity index (χ2n) is 6.61. The molecule has 0 radical (unpaired) electrons. The Bertz CT molecular complexity index is 803. The number of rotatable bonds is 3. The van der Waals surface area contributed by atoms with Gasteiger partial charge in [-0.15, -0.1) is 0 Å². The first kappa shape index (κ1) is 16.1. The van der Waals surface area contributed by atoms with E-state index in [4.69, 9.17) is 23.7 Å². The number of methoxy groups -OCH3 is 2. The molecular weight excluding hydrogens is 320 g/mol. The highest BCUT2D eigenvalue weighted by molar-refractivity contribution is 5.56. The summed E-state index contributed by atoms with van der Waals surface area (Å²) in [5, 5.41) is 0. The van der Waals surface area contributed by atoms with Crippen molar-refractivity contribution in [1.82, 2.24) is 0 Å². The van der Waals surface area contributed by atoms with E-state index in [1.165, 1.54) is 0 Å². The van der Waals surface area contributed by atoms with E-state index in [0.29, 0.717) is 5.75 Å². The van der Waals surface area contributed by atoms with Crippen LogP contribution in [0.25, 0.3) is 0 Å². The fourth-order valence-electron chi connectivity index (χ4n) is 3.68. The first-order valence-corrected chi connectivity index (χ1v) is 8.37. The molecule has 2 aromatic carbocycles. The number of fused-ring (bicyclic) bond motifs is 2. The van der Waals surface area contributed by atoms with Crippen molar-refractivity contribution in [1.29, 1.82) is 0 Å². The first-order valence-electron chi connectivity index (χ1n) is 8.37. The van der Waals surface area contributed by atoms with Gasteiger partial charge in [0, 0.05) is 37.5 Å². The highest BCUT2D eigenvalue weighted by Gasteiger charge is 2.46. The van der Waals surface area contributed by atoms with Crippen molar-refractivity contribution in [2.24, 2.45) is 5.92 Å². The Morgan fingerprint density at radius 2 is 1.80 bits per heavy atom. The molecule has 0 fully saturated rings. The van der Waals surface area contributed by atoms with Gasteiger partial charge in [-0.3, -0.25) is 0 Å². The molecule has 4 rings (SSSR count). The van der Waals surface area contributed by atoms with Gasteiger partial charge >= 0.3 is 0 Å². The largest absolute Gasteiger partial charge is 0.497 e. The highest BCUT2D eigenvalue weighted by atomic mass is 16.7. The van der Waals surface area contributed by atoms with Gasteiger partial charge in [-0.1, -0.05) is 19.1 Å². The molecular formula is C20H22O5. The molecule has 0 saturated heterocycles. The summed E-state index contributed by atoms with van der Waals surface area (Å²) in [5.41, 5.74) is 2.22. The second-order valence-corrected chi connectivity index (χ2v) is 6.61. The number of hydrogen-bond acceptors (Lipinski definition) is 5. The van der Waals surface area contributed by atoms with Crippen molar-refractivity contribution >= 4 is 0 Å². The molecule has 5 nitrogen and oxygen atoms in total. The Balaban J connectivity index is 1.89. The monoisotopic (exact) mass is 342 g/mol. The highest BCUT2D eigenvalue weighted by Crippen LogP contribution is 2.52. The summed E-state index contributed by atoms with van der Waals surface area (Å²) in [6.45, 7) is 4.35. The number of hydrogen-bond donors (Lipinski definition) is 0. The maximum Gasteiger partial charge on any atom is 0.231 e. The number of ether oxygens (including phenoxy) is 5. The van der Waals surface area contributed by atoms with Gasteiger partial charge in [-0.05, 0) is 23.8 Å². The average Bonchev–Trinajstić information content (AvgIpc) is 3.08. The van der Waals surface area contributed by atoms with Gasteiger partial charge in [0.25, 0.3) is 0 Å². The predicted molar refractivity (Wildman–Crippen MR) is 92.6 cm³/mol. The zero-order valence-corrected chi connectivity index (χ0v) is 14.9. The van der Waals surface area contributed by atoms with E-state index in [1.807, 2.05) is 31.2 Å². The van der Waals surface area contributed by atoms with Gasteiger partial charge in [0.2, 0.25) is 12.6 Å². The van der Waals surface area contributed by atoms with Crippen LogP contribution in [0, 0.1) is 5.92 Å². The van der Waals surface area contributed by atoms with Crippen molar-refractivity contribution in [3.05, 3.63) is 47.5 Å². The quantitative estimate of drug-likeness (QED) is 0.845. The standard InChI is InChI=1S/C20H22O5/c1-12-19(13-6-5-7-14(8-13)21-3)15-9-17-18(24-11-23-17)10-16(15)25-20(12,2)22-4/h5-10,12,19H,11H2,1-4H3/t12-,19+,20-/m1/s1. The van der Waals surface area contributed by atoms with Gasteiger partial charge in [0.15, 0.2) is 11.5 Å². The third kappa shape index (κ3) is 2.50. The lowest BCUT2D eigenvalue weighted by molar-refractivity contribution is -0.194. The van der Waals surface area contributed by atoms with E-state index in [9.17, 15) is 0 Å². The molecule has 132 valence electrons. The smallest absolute Gasteiger partial charge is 0.231 e. The van der Waals surface area contributed by atoms with Crippen LogP contribution in [0.15, 0.2) is 36.4 Å². The van der Waals surface area contributed by atoms with Crippen LogP contribution in [-0.4, -0.2) is 26.8 Å². The molecule has 5 heteroatoms. The van der Waals surface area contributed by atoms with E-state index in [-0.39, 0.29) is 18.6 Å². The van der Waals surface area contributed by atoms with E-state index in [1.54, 1.807) is 14.2 Å². The normalized spacial score (nSPS) is 26.7. The Hall–Kier alpha value is -2.40. The van der Waals surface area contributed by atoms with Crippen LogP contribution in [0.1, 0.15) is 30.9 Å². The van der Waals surface area contributed by atoms with Gasteiger partial charge in [0.05, 0.1) is 7.11 Å². The molecule has 0 spiro atoms. The second kappa shape index (κ2) is 5.85. The van der Waals surface area contributed by atoms with Crippen molar-refractivity contribution < 1.29 is 23.7 Å². The van der Waals surface area contributed by atoms with Crippen LogP contribution in [0.5, 0.6) is 23.0 Å². The van der Waals surface area contributed by atoms with Crippen LogP contribution in [0.4, 0.5) is 0 Å². The Morgan fingerprint density at radius 1 is 1.04 bits per heavy atom. The molecule has 3 atom stereocenters. The molecule has 0 aromatic heterocycles. The molecule has 2 heterocycles. The van der Waals surface area contributed by atoms with E-state index in [2.05, 4.69) is 19.1 Å². The van der Waals surface area contributed by atoms with Crippen LogP contribution >= 0.6 is 0 Å². The fraction of sp³-hybridized carbons (Fsp3) is 0.400. The molecule has 0 bridgehead atoms. The minimum absolute atomic E-state index is 0.0810. The molecule has 0 unspecified atom stereocenters. The molecule has 2 aliphatic heterocycles. The molecule has 0 N–H and O–H groups in total. The molecule has 0 aliphatic carbocycles. The van der Waals surface area contributed by atoms with Crippen LogP contribution in [0.2, 0.25) is 0 Å². The summed E-state index contributed by atoms with van der Waals surface area (Å²) in [7, 11) is 3.36. The van der Waals surface area contributed by atoms with Crippen LogP contribution in [0.3, 0.4) is 0 Å². The summed E-state index contributed by atoms with van der Waals surface area (Å²) in [6.07, 6.45) is 0. The lowest BCUT2D eigenvalue weighted by atomic mass is 9.75. The zero-order valence-electron chi connectivity index (χ0n) is 14.9. The number of benzene rings is 2. The lowest BCUT2D eigenvalue weighted by Crippen LogP contribution is -2.47. The Morgan fingerprint density at radius 3 is 2.52 bits per heavy atom. The average molecular weight is 342 g/mol. The van der Waals surface area contributed by atoms with Gasteiger partial charge in [0.1, 0.15) is 11.5 Å². The van der Waals surface area contributed by atoms with Crippen molar-refractivity contribution in [3.63, 3.8) is 0 Å². The molecule has 0 amide bonds. The molecule has 25 heavy (non-hydrogen) atoms. The zero-order chi connectivity index (χ0) is 17.6. The summed E-state index contributed by atoms with van der Waals surface area (Å²) < 4.78 is 28.5. The SMILES string of the molecule is COc1cccc([C@H]2c3cc4c(cc3O[C@@](C)(OC)[C@@H]2C)OCO4)c1. The van der Waals surface area contributed by atoms with Gasteiger partial charge in [-0.2, -0.15) is 0 Å². The van der Waals surface area contributed by atoms with Crippen LogP contribution < -0.4 is 18.9 Å². The fourth-order valence-corrected chi connectivity index (χ4v) is 3.68. The molecule has 2 aromatic rings. The first-order chi connectivity index (χ1) is 12.1. The lowest BCUT2D eigenvalue weighted by Gasteiger charge is -2.44. The van der Waals surface area contributed by atoms with Crippen molar-refractivity contribution in [2.75, 3.05) is 21.0 Å². The van der Waals surface area contributed by atoms with Crippen molar-refractivity contribution in [2.45, 2.75) is 25.6 Å². The Kier molecular flexibility index (Phi) is 3.76. The summed E-state index contributed by atoms with van der Waals surface area (Å²) in [6, 6.07) is 12.1. The minimum Gasteiger partial charge on any atom is -0.497 e. The van der Waals surface area contributed by atoms with Gasteiger partial charge < -0.3 is 23.7 Å². The van der Waals surface area contributed by atoms with Crippen molar-refractivity contribution in [3.8, 4) is 23.0 Å². The van der Waals surface area contributed by atoms with Crippen LogP contribution in [-0.2, 0) is 4.74 Å². The van der Waals surface area contributed by atoms with E-state index in [0.717, 1.165) is 28.4 Å². The third-order valence-corrected chi connectivity index (χ3v) is 5.34. The summed E-state index contributed by atoms with van der Waals surface area (Å²) in [4.78, 5) is 0. The minimum atomic E-state index is -0.742. The van der Waals surface area contributed by atoms with Gasteiger partial charge in [-0.25, -0.2) is 0 Å². The van der Waals surface area contributed by atoms with E-state index < -0.39 is 5.79 Å². The topological polar surface area (TPSA) is 46.2 Å². The Labute approximate surface area is 147 Å². The predicted octanol–water partition coefficient (Wildman–Crippen LogP) is 3.95. The summed E-state index contributed by atoms with van der Waals surface area (Å²) in [5.74, 6) is 2.47.